The number of carbonyl (C=O) groups excluding carboxylic acids is 2. The zero-order valence-electron chi connectivity index (χ0n) is 15.8. The van der Waals surface area contributed by atoms with Crippen molar-refractivity contribution >= 4 is 56.8 Å². The van der Waals surface area contributed by atoms with Gasteiger partial charge >= 0.3 is 6.09 Å². The Morgan fingerprint density at radius 1 is 1.16 bits per heavy atom. The normalized spacial score (nSPS) is 17.5. The summed E-state index contributed by atoms with van der Waals surface area (Å²) in [6.07, 6.45) is 1.34. The molecular weight excluding hydrogens is 461 g/mol. The van der Waals surface area contributed by atoms with E-state index in [4.69, 9.17) is 32.4 Å². The molecule has 7 nitrogen and oxygen atoms in total. The Bertz CT molecular complexity index is 1280. The van der Waals surface area contributed by atoms with Gasteiger partial charge in [-0.1, -0.05) is 47.5 Å². The van der Waals surface area contributed by atoms with Gasteiger partial charge in [0.1, 0.15) is 4.34 Å². The van der Waals surface area contributed by atoms with Gasteiger partial charge in [-0.05, 0) is 29.7 Å². The minimum atomic E-state index is -0.647. The summed E-state index contributed by atoms with van der Waals surface area (Å²) in [4.78, 5) is 28.1. The van der Waals surface area contributed by atoms with E-state index < -0.39 is 18.2 Å². The molecule has 0 saturated heterocycles. The van der Waals surface area contributed by atoms with E-state index in [9.17, 15) is 9.59 Å². The number of fused-ring (bicyclic) bond motifs is 2. The van der Waals surface area contributed by atoms with E-state index in [2.05, 4.69) is 15.6 Å². The van der Waals surface area contributed by atoms with Gasteiger partial charge in [0, 0.05) is 6.07 Å². The van der Waals surface area contributed by atoms with Gasteiger partial charge in [-0.25, -0.2) is 4.79 Å². The van der Waals surface area contributed by atoms with Crippen LogP contribution in [0.15, 0.2) is 53.1 Å². The first-order valence-corrected chi connectivity index (χ1v) is 10.9. The van der Waals surface area contributed by atoms with Crippen LogP contribution in [0.25, 0.3) is 10.2 Å². The molecule has 2 atom stereocenters. The molecule has 158 valence electrons. The van der Waals surface area contributed by atoms with Crippen LogP contribution in [-0.2, 0) is 6.42 Å². The van der Waals surface area contributed by atoms with Crippen LogP contribution >= 0.6 is 34.5 Å². The molecule has 1 aliphatic carbocycles. The molecule has 0 unspecified atom stereocenters. The first kappa shape index (κ1) is 20.0. The third-order valence-electron chi connectivity index (χ3n) is 5.12. The number of ether oxygens (including phenoxy) is 1. The molecule has 0 radical (unpaired) electrons. The maximum atomic E-state index is 12.6. The van der Waals surface area contributed by atoms with Crippen molar-refractivity contribution in [2.45, 2.75) is 18.5 Å². The lowest BCUT2D eigenvalue weighted by molar-refractivity contribution is 0.0900. The fourth-order valence-electron chi connectivity index (χ4n) is 3.76. The van der Waals surface area contributed by atoms with Crippen LogP contribution < -0.4 is 15.4 Å². The molecule has 4 aromatic rings. The third kappa shape index (κ3) is 3.78. The Morgan fingerprint density at radius 2 is 2.00 bits per heavy atom. The number of aromatic nitrogens is 1. The number of benzene rings is 1. The molecule has 10 heteroatoms. The highest BCUT2D eigenvalue weighted by Gasteiger charge is 2.35. The molecule has 2 amide bonds. The summed E-state index contributed by atoms with van der Waals surface area (Å²) >= 11 is 13.4. The molecule has 0 fully saturated rings. The van der Waals surface area contributed by atoms with E-state index in [0.717, 1.165) is 15.8 Å². The SMILES string of the molecule is O=C(N[C@H]1Cc2ccccc2[C@@H]1NC(=O)c1ccco1)Oc1cc2sc(Cl)c(Cl)c2[nH]1. The fraction of sp³-hybridized carbons (Fsp3) is 0.143. The third-order valence-corrected chi connectivity index (χ3v) is 7.05. The Balaban J connectivity index is 1.32. The number of hydrogen-bond acceptors (Lipinski definition) is 5. The molecule has 3 heterocycles. The van der Waals surface area contributed by atoms with Crippen LogP contribution in [0.4, 0.5) is 4.79 Å². The van der Waals surface area contributed by atoms with Crippen LogP contribution in [0.1, 0.15) is 27.7 Å². The summed E-state index contributed by atoms with van der Waals surface area (Å²) in [6, 6.07) is 11.8. The number of halogens is 2. The summed E-state index contributed by atoms with van der Waals surface area (Å²) in [5.41, 5.74) is 2.60. The molecule has 1 aromatic carbocycles. The Kier molecular flexibility index (Phi) is 5.13. The maximum absolute atomic E-state index is 12.6. The number of carbonyl (C=O) groups is 2. The van der Waals surface area contributed by atoms with Crippen LogP contribution in [0.5, 0.6) is 5.88 Å². The second kappa shape index (κ2) is 7.96. The van der Waals surface area contributed by atoms with Gasteiger partial charge in [0.15, 0.2) is 5.76 Å². The van der Waals surface area contributed by atoms with E-state index in [1.54, 1.807) is 18.2 Å². The lowest BCUT2D eigenvalue weighted by Gasteiger charge is -2.22. The number of nitrogens with one attached hydrogen (secondary N) is 3. The number of H-pyrrole nitrogens is 1. The fourth-order valence-corrected chi connectivity index (χ4v) is 5.23. The van der Waals surface area contributed by atoms with Gasteiger partial charge in [0.2, 0.25) is 5.88 Å². The Labute approximate surface area is 190 Å². The summed E-state index contributed by atoms with van der Waals surface area (Å²) in [5.74, 6) is 0.0969. The highest BCUT2D eigenvalue weighted by molar-refractivity contribution is 7.23. The number of furan rings is 1. The number of rotatable bonds is 4. The minimum absolute atomic E-state index is 0.202. The largest absolute Gasteiger partial charge is 0.459 e. The second-order valence-corrected chi connectivity index (χ2v) is 9.07. The second-order valence-electron chi connectivity index (χ2n) is 7.03. The van der Waals surface area contributed by atoms with E-state index >= 15 is 0 Å². The highest BCUT2D eigenvalue weighted by Crippen LogP contribution is 2.40. The number of hydrogen-bond donors (Lipinski definition) is 3. The van der Waals surface area contributed by atoms with Gasteiger partial charge in [0.25, 0.3) is 5.91 Å². The molecule has 0 saturated carbocycles. The molecule has 0 bridgehead atoms. The monoisotopic (exact) mass is 475 g/mol. The average molecular weight is 476 g/mol. The standard InChI is InChI=1S/C21H15Cl2N3O4S/c22-16-18-14(31-19(16)23)9-15(25-18)30-21(28)24-12-8-10-4-1-2-5-11(10)17(12)26-20(27)13-6-3-7-29-13/h1-7,9,12,17,25H,8H2,(H,24,28)(H,26,27)/t12-,17-/m0/s1. The molecular formula is C21H15Cl2N3O4S. The molecule has 0 spiro atoms. The van der Waals surface area contributed by atoms with Crippen LogP contribution in [0.3, 0.4) is 0 Å². The number of thiophene rings is 1. The summed E-state index contributed by atoms with van der Waals surface area (Å²) in [7, 11) is 0. The highest BCUT2D eigenvalue weighted by atomic mass is 35.5. The van der Waals surface area contributed by atoms with Crippen LogP contribution in [-0.4, -0.2) is 23.0 Å². The van der Waals surface area contributed by atoms with Crippen molar-refractivity contribution in [2.24, 2.45) is 0 Å². The number of aromatic amines is 1. The van der Waals surface area contributed by atoms with Crippen molar-refractivity contribution < 1.29 is 18.7 Å². The molecule has 3 aromatic heterocycles. The van der Waals surface area contributed by atoms with Gasteiger partial charge in [-0.15, -0.1) is 11.3 Å². The van der Waals surface area contributed by atoms with Crippen molar-refractivity contribution in [3.8, 4) is 5.88 Å². The Hall–Kier alpha value is -2.94. The maximum Gasteiger partial charge on any atom is 0.414 e. The summed E-state index contributed by atoms with van der Waals surface area (Å²) < 4.78 is 11.8. The van der Waals surface area contributed by atoms with Crippen molar-refractivity contribution in [3.63, 3.8) is 0 Å². The predicted molar refractivity (Wildman–Crippen MR) is 118 cm³/mol. The lowest BCUT2D eigenvalue weighted by atomic mass is 10.1. The summed E-state index contributed by atoms with van der Waals surface area (Å²) in [5, 5.41) is 6.19. The zero-order chi connectivity index (χ0) is 21.5. The molecule has 3 N–H and O–H groups in total. The van der Waals surface area contributed by atoms with E-state index in [1.807, 2.05) is 24.3 Å². The van der Waals surface area contributed by atoms with Crippen molar-refractivity contribution in [1.29, 1.82) is 0 Å². The Morgan fingerprint density at radius 3 is 2.77 bits per heavy atom. The van der Waals surface area contributed by atoms with Gasteiger partial charge in [0.05, 0.1) is 33.6 Å². The molecule has 31 heavy (non-hydrogen) atoms. The number of amides is 2. The van der Waals surface area contributed by atoms with Crippen LogP contribution in [0, 0.1) is 0 Å². The van der Waals surface area contributed by atoms with Gasteiger partial charge in [-0.3, -0.25) is 4.79 Å². The topological polar surface area (TPSA) is 96.4 Å². The van der Waals surface area contributed by atoms with Crippen molar-refractivity contribution in [2.75, 3.05) is 0 Å². The summed E-state index contributed by atoms with van der Waals surface area (Å²) in [6.45, 7) is 0. The molecule has 0 aliphatic heterocycles. The van der Waals surface area contributed by atoms with Gasteiger partial charge < -0.3 is 24.8 Å². The first-order chi connectivity index (χ1) is 15.0. The average Bonchev–Trinajstić information content (AvgIpc) is 3.51. The minimum Gasteiger partial charge on any atom is -0.459 e. The lowest BCUT2D eigenvalue weighted by Crippen LogP contribution is -2.45. The first-order valence-electron chi connectivity index (χ1n) is 9.36. The zero-order valence-corrected chi connectivity index (χ0v) is 18.1. The smallest absolute Gasteiger partial charge is 0.414 e. The van der Waals surface area contributed by atoms with Gasteiger partial charge in [-0.2, -0.15) is 0 Å². The van der Waals surface area contributed by atoms with E-state index in [-0.39, 0.29) is 17.5 Å². The molecule has 1 aliphatic rings. The van der Waals surface area contributed by atoms with Crippen LogP contribution in [0.2, 0.25) is 9.36 Å². The van der Waals surface area contributed by atoms with Crippen molar-refractivity contribution in [3.05, 3.63) is 75.0 Å². The quantitative estimate of drug-likeness (QED) is 0.372. The van der Waals surface area contributed by atoms with E-state index in [1.165, 1.54) is 17.6 Å². The van der Waals surface area contributed by atoms with Crippen molar-refractivity contribution in [1.82, 2.24) is 15.6 Å². The predicted octanol–water partition coefficient (Wildman–Crippen LogP) is 5.31. The molecule has 5 rings (SSSR count). The van der Waals surface area contributed by atoms with E-state index in [0.29, 0.717) is 21.3 Å².